The van der Waals surface area contributed by atoms with Crippen molar-refractivity contribution in [3.63, 3.8) is 0 Å². The minimum absolute atomic E-state index is 0.0359. The number of hydrogen-bond acceptors (Lipinski definition) is 5. The van der Waals surface area contributed by atoms with Crippen LogP contribution in [0.3, 0.4) is 0 Å². The van der Waals surface area contributed by atoms with E-state index in [-0.39, 0.29) is 18.4 Å². The summed E-state index contributed by atoms with van der Waals surface area (Å²) in [5.41, 5.74) is 0.600. The Hall–Kier alpha value is -1.57. The number of benzene rings is 1. The number of amides is 2. The van der Waals surface area contributed by atoms with Gasteiger partial charge in [-0.25, -0.2) is 0 Å². The van der Waals surface area contributed by atoms with Gasteiger partial charge in [-0.1, -0.05) is 12.1 Å². The third-order valence-corrected chi connectivity index (χ3v) is 4.32. The largest absolute Gasteiger partial charge is 0.382 e. The number of rotatable bonds is 6. The molecule has 132 valence electrons. The van der Waals surface area contributed by atoms with Gasteiger partial charge in [-0.15, -0.1) is 12.6 Å². The molecular formula is C17H24N2O4S. The quantitative estimate of drug-likeness (QED) is 0.620. The predicted octanol–water partition coefficient (Wildman–Crippen LogP) is 1.31. The van der Waals surface area contributed by atoms with Gasteiger partial charge >= 0.3 is 0 Å². The van der Waals surface area contributed by atoms with Crippen molar-refractivity contribution >= 4 is 24.4 Å². The van der Waals surface area contributed by atoms with E-state index in [1.807, 2.05) is 12.1 Å². The number of carbonyl (C=O) groups excluding carboxylic acids is 2. The Labute approximate surface area is 148 Å². The van der Waals surface area contributed by atoms with Crippen LogP contribution >= 0.6 is 12.6 Å². The summed E-state index contributed by atoms with van der Waals surface area (Å²) in [4.78, 5) is 29.0. The fourth-order valence-electron chi connectivity index (χ4n) is 2.59. The molecule has 0 unspecified atom stereocenters. The molecule has 1 saturated heterocycles. The lowest BCUT2D eigenvalue weighted by atomic mass is 10.2. The monoisotopic (exact) mass is 352 g/mol. The van der Waals surface area contributed by atoms with Crippen molar-refractivity contribution < 1.29 is 19.1 Å². The SMILES string of the molecule is COCCOCC(=O)N1CCCN(C(=O)c2ccccc2S)CC1. The van der Waals surface area contributed by atoms with E-state index in [0.717, 1.165) is 6.42 Å². The van der Waals surface area contributed by atoms with E-state index in [4.69, 9.17) is 9.47 Å². The van der Waals surface area contributed by atoms with Gasteiger partial charge in [-0.3, -0.25) is 9.59 Å². The number of hydrogen-bond donors (Lipinski definition) is 1. The summed E-state index contributed by atoms with van der Waals surface area (Å²) >= 11 is 4.35. The molecule has 0 N–H and O–H groups in total. The standard InChI is InChI=1S/C17H24N2O4S/c1-22-11-12-23-13-16(20)18-7-4-8-19(10-9-18)17(21)14-5-2-3-6-15(14)24/h2-3,5-6,24H,4,7-13H2,1H3. The van der Waals surface area contributed by atoms with Crippen molar-refractivity contribution in [2.45, 2.75) is 11.3 Å². The van der Waals surface area contributed by atoms with Gasteiger partial charge in [-0.2, -0.15) is 0 Å². The molecule has 0 spiro atoms. The second-order valence-electron chi connectivity index (χ2n) is 5.59. The summed E-state index contributed by atoms with van der Waals surface area (Å²) in [5, 5.41) is 0. The van der Waals surface area contributed by atoms with E-state index in [1.54, 1.807) is 29.0 Å². The van der Waals surface area contributed by atoms with Gasteiger partial charge in [0.25, 0.3) is 5.91 Å². The molecule has 0 radical (unpaired) electrons. The highest BCUT2D eigenvalue weighted by atomic mass is 32.1. The lowest BCUT2D eigenvalue weighted by Crippen LogP contribution is -2.39. The Bertz CT molecular complexity index is 567. The molecule has 0 bridgehead atoms. The molecule has 1 aliphatic heterocycles. The maximum absolute atomic E-state index is 12.6. The maximum Gasteiger partial charge on any atom is 0.255 e. The fourth-order valence-corrected chi connectivity index (χ4v) is 2.84. The number of carbonyl (C=O) groups is 2. The Morgan fingerprint density at radius 1 is 1.08 bits per heavy atom. The van der Waals surface area contributed by atoms with Crippen LogP contribution in [0.1, 0.15) is 16.8 Å². The van der Waals surface area contributed by atoms with E-state index in [1.165, 1.54) is 0 Å². The summed E-state index contributed by atoms with van der Waals surface area (Å²) in [6.07, 6.45) is 0.754. The zero-order valence-corrected chi connectivity index (χ0v) is 14.8. The predicted molar refractivity (Wildman–Crippen MR) is 93.5 cm³/mol. The average molecular weight is 352 g/mol. The summed E-state index contributed by atoms with van der Waals surface area (Å²) in [6.45, 7) is 3.24. The summed E-state index contributed by atoms with van der Waals surface area (Å²) in [5.74, 6) is -0.0822. The topological polar surface area (TPSA) is 59.1 Å². The van der Waals surface area contributed by atoms with Gasteiger partial charge < -0.3 is 19.3 Å². The third kappa shape index (κ3) is 5.22. The third-order valence-electron chi connectivity index (χ3n) is 3.93. The second-order valence-corrected chi connectivity index (χ2v) is 6.07. The molecule has 24 heavy (non-hydrogen) atoms. The molecular weight excluding hydrogens is 328 g/mol. The molecule has 2 rings (SSSR count). The molecule has 1 aliphatic rings. The molecule has 0 atom stereocenters. The van der Waals surface area contributed by atoms with Gasteiger partial charge in [0.2, 0.25) is 5.91 Å². The first kappa shape index (κ1) is 18.8. The average Bonchev–Trinajstić information content (AvgIpc) is 2.84. The lowest BCUT2D eigenvalue weighted by Gasteiger charge is -2.22. The fraction of sp³-hybridized carbons (Fsp3) is 0.529. The molecule has 1 aromatic rings. The van der Waals surface area contributed by atoms with Gasteiger partial charge in [-0.05, 0) is 18.6 Å². The maximum atomic E-state index is 12.6. The minimum Gasteiger partial charge on any atom is -0.382 e. The normalized spacial score (nSPS) is 15.2. The Kier molecular flexibility index (Phi) is 7.55. The van der Waals surface area contributed by atoms with Gasteiger partial charge in [0.05, 0.1) is 18.8 Å². The van der Waals surface area contributed by atoms with Crippen LogP contribution in [0.4, 0.5) is 0 Å². The first-order valence-electron chi connectivity index (χ1n) is 8.05. The highest BCUT2D eigenvalue weighted by Crippen LogP contribution is 2.16. The minimum atomic E-state index is -0.0463. The van der Waals surface area contributed by atoms with Crippen molar-refractivity contribution in [2.75, 3.05) is 53.1 Å². The smallest absolute Gasteiger partial charge is 0.255 e. The molecule has 1 aromatic carbocycles. The first-order chi connectivity index (χ1) is 11.6. The molecule has 7 heteroatoms. The van der Waals surface area contributed by atoms with Gasteiger partial charge in [0, 0.05) is 38.2 Å². The zero-order valence-electron chi connectivity index (χ0n) is 13.9. The molecule has 1 fully saturated rings. The van der Waals surface area contributed by atoms with E-state index in [0.29, 0.717) is 49.9 Å². The first-order valence-corrected chi connectivity index (χ1v) is 8.50. The molecule has 2 amide bonds. The van der Waals surface area contributed by atoms with Crippen molar-refractivity contribution in [3.8, 4) is 0 Å². The van der Waals surface area contributed by atoms with Crippen LogP contribution in [-0.4, -0.2) is 74.7 Å². The number of methoxy groups -OCH3 is 1. The molecule has 0 saturated carbocycles. The van der Waals surface area contributed by atoms with E-state index >= 15 is 0 Å². The Balaban J connectivity index is 1.87. The zero-order chi connectivity index (χ0) is 17.4. The summed E-state index contributed by atoms with van der Waals surface area (Å²) in [6, 6.07) is 7.27. The molecule has 1 heterocycles. The number of ether oxygens (including phenoxy) is 2. The van der Waals surface area contributed by atoms with Crippen LogP contribution in [0.5, 0.6) is 0 Å². The van der Waals surface area contributed by atoms with E-state index < -0.39 is 0 Å². The van der Waals surface area contributed by atoms with Crippen LogP contribution in [-0.2, 0) is 14.3 Å². The van der Waals surface area contributed by atoms with Crippen molar-refractivity contribution in [3.05, 3.63) is 29.8 Å². The van der Waals surface area contributed by atoms with Crippen molar-refractivity contribution in [1.29, 1.82) is 0 Å². The van der Waals surface area contributed by atoms with Crippen LogP contribution in [0.2, 0.25) is 0 Å². The number of nitrogens with zero attached hydrogens (tertiary/aromatic N) is 2. The summed E-state index contributed by atoms with van der Waals surface area (Å²) < 4.78 is 10.2. The Morgan fingerprint density at radius 2 is 1.79 bits per heavy atom. The van der Waals surface area contributed by atoms with E-state index in [2.05, 4.69) is 12.6 Å². The van der Waals surface area contributed by atoms with Gasteiger partial charge in [0.1, 0.15) is 6.61 Å². The van der Waals surface area contributed by atoms with Gasteiger partial charge in [0.15, 0.2) is 0 Å². The van der Waals surface area contributed by atoms with Crippen LogP contribution < -0.4 is 0 Å². The lowest BCUT2D eigenvalue weighted by molar-refractivity contribution is -0.136. The van der Waals surface area contributed by atoms with Crippen LogP contribution in [0.15, 0.2) is 29.2 Å². The van der Waals surface area contributed by atoms with E-state index in [9.17, 15) is 9.59 Å². The van der Waals surface area contributed by atoms with Crippen molar-refractivity contribution in [2.24, 2.45) is 0 Å². The second kappa shape index (κ2) is 9.66. The Morgan fingerprint density at radius 3 is 2.54 bits per heavy atom. The summed E-state index contributed by atoms with van der Waals surface area (Å²) in [7, 11) is 1.59. The molecule has 0 aromatic heterocycles. The highest BCUT2D eigenvalue weighted by Gasteiger charge is 2.23. The van der Waals surface area contributed by atoms with Crippen LogP contribution in [0.25, 0.3) is 0 Å². The molecule has 0 aliphatic carbocycles. The van der Waals surface area contributed by atoms with Crippen LogP contribution in [0, 0.1) is 0 Å². The van der Waals surface area contributed by atoms with Crippen molar-refractivity contribution in [1.82, 2.24) is 9.80 Å². The highest BCUT2D eigenvalue weighted by molar-refractivity contribution is 7.80. The molecule has 6 nitrogen and oxygen atoms in total. The number of thiol groups is 1.